The van der Waals surface area contributed by atoms with Crippen molar-refractivity contribution in [1.29, 1.82) is 0 Å². The molecule has 0 radical (unpaired) electrons. The number of carbonyl (C=O) groups excluding carboxylic acids is 2. The molecule has 0 bridgehead atoms. The number of rotatable bonds is 8. The summed E-state index contributed by atoms with van der Waals surface area (Å²) in [7, 11) is 0. The molecule has 1 aromatic rings. The fourth-order valence-electron chi connectivity index (χ4n) is 5.78. The average molecular weight is 588 g/mol. The van der Waals surface area contributed by atoms with Crippen LogP contribution in [0.1, 0.15) is 35.2 Å². The highest BCUT2D eigenvalue weighted by atomic mass is 16.7. The number of phenols is 1. The number of aromatic hydroxyl groups is 1. The first-order valence-electron chi connectivity index (χ1n) is 13.0. The summed E-state index contributed by atoms with van der Waals surface area (Å²) in [5.41, 5.74) is -0.0324. The van der Waals surface area contributed by atoms with E-state index in [-0.39, 0.29) is 35.8 Å². The number of ether oxygens (including phenoxy) is 5. The third-order valence-corrected chi connectivity index (χ3v) is 7.86. The molecule has 6 unspecified atom stereocenters. The molecule has 1 saturated heterocycles. The van der Waals surface area contributed by atoms with Crippen LogP contribution < -0.4 is 14.8 Å². The van der Waals surface area contributed by atoms with Crippen molar-refractivity contribution in [2.24, 2.45) is 0 Å². The molecule has 5 rings (SSSR count). The van der Waals surface area contributed by atoms with Gasteiger partial charge in [-0.25, -0.2) is 0 Å². The van der Waals surface area contributed by atoms with Crippen LogP contribution in [-0.4, -0.2) is 140 Å². The SMILES string of the molecule is CC(CC(=O)CO[C@H]1[C@H](O)[C@@H](O)[C@@H](O)[C@@H]2NC(=O)c3c(cc4c(c3O)OCO4)[C@H]21)OC1OC(CO)C(O)C(O)C1O. The highest BCUT2D eigenvalue weighted by Crippen LogP contribution is 2.50. The molecule has 1 amide bonds. The van der Waals surface area contributed by atoms with Crippen molar-refractivity contribution in [3.05, 3.63) is 17.2 Å². The van der Waals surface area contributed by atoms with Crippen molar-refractivity contribution in [3.63, 3.8) is 0 Å². The van der Waals surface area contributed by atoms with E-state index in [4.69, 9.17) is 23.7 Å². The molecule has 0 spiro atoms. The quantitative estimate of drug-likeness (QED) is 0.140. The predicted molar refractivity (Wildman–Crippen MR) is 130 cm³/mol. The number of nitrogens with one attached hydrogen (secondary N) is 1. The Morgan fingerprint density at radius 3 is 2.46 bits per heavy atom. The minimum absolute atomic E-state index is 0.0460. The summed E-state index contributed by atoms with van der Waals surface area (Å²) in [5.74, 6) is -2.75. The summed E-state index contributed by atoms with van der Waals surface area (Å²) >= 11 is 0. The third-order valence-electron chi connectivity index (χ3n) is 7.86. The largest absolute Gasteiger partial charge is 0.504 e. The highest BCUT2D eigenvalue weighted by Gasteiger charge is 2.55. The highest BCUT2D eigenvalue weighted by molar-refractivity contribution is 6.01. The van der Waals surface area contributed by atoms with Crippen molar-refractivity contribution >= 4 is 11.7 Å². The Balaban J connectivity index is 1.29. The number of hydrogen-bond donors (Lipinski definition) is 9. The van der Waals surface area contributed by atoms with Gasteiger partial charge in [-0.2, -0.15) is 0 Å². The van der Waals surface area contributed by atoms with Gasteiger partial charge in [0.15, 0.2) is 23.6 Å². The first kappa shape index (κ1) is 29.8. The molecular formula is C25H33NO15. The predicted octanol–water partition coefficient (Wildman–Crippen LogP) is -4.04. The van der Waals surface area contributed by atoms with Gasteiger partial charge in [0, 0.05) is 12.3 Å². The second kappa shape index (κ2) is 11.6. The normalized spacial score (nSPS) is 38.5. The summed E-state index contributed by atoms with van der Waals surface area (Å²) in [6, 6.07) is 0.265. The van der Waals surface area contributed by atoms with Gasteiger partial charge in [-0.05, 0) is 18.6 Å². The number of carbonyl (C=O) groups is 2. The van der Waals surface area contributed by atoms with E-state index in [2.05, 4.69) is 5.32 Å². The number of Topliss-reactive ketones (excluding diaryl/α,β-unsaturated/α-hetero) is 1. The number of benzene rings is 1. The van der Waals surface area contributed by atoms with Crippen molar-refractivity contribution in [2.45, 2.75) is 86.5 Å². The molecular weight excluding hydrogens is 554 g/mol. The fraction of sp³-hybridized carbons (Fsp3) is 0.680. The molecule has 16 nitrogen and oxygen atoms in total. The Labute approximate surface area is 232 Å². The first-order chi connectivity index (χ1) is 19.4. The van der Waals surface area contributed by atoms with Gasteiger partial charge in [0.1, 0.15) is 49.3 Å². The first-order valence-corrected chi connectivity index (χ1v) is 13.0. The van der Waals surface area contributed by atoms with Gasteiger partial charge in [0.25, 0.3) is 5.91 Å². The summed E-state index contributed by atoms with van der Waals surface area (Å²) in [6.45, 7) is 0.0181. The van der Waals surface area contributed by atoms with Crippen LogP contribution in [0.3, 0.4) is 0 Å². The van der Waals surface area contributed by atoms with Gasteiger partial charge in [-0.3, -0.25) is 9.59 Å². The van der Waals surface area contributed by atoms with Gasteiger partial charge in [0.05, 0.1) is 30.4 Å². The second-order valence-corrected chi connectivity index (χ2v) is 10.6. The number of amides is 1. The molecule has 2 fully saturated rings. The lowest BCUT2D eigenvalue weighted by Crippen LogP contribution is -2.67. The zero-order valence-corrected chi connectivity index (χ0v) is 21.8. The van der Waals surface area contributed by atoms with Crippen molar-refractivity contribution in [3.8, 4) is 17.2 Å². The Kier molecular flexibility index (Phi) is 8.41. The Morgan fingerprint density at radius 1 is 1.05 bits per heavy atom. The Hall–Kier alpha value is -2.64. The van der Waals surface area contributed by atoms with Gasteiger partial charge < -0.3 is 69.9 Å². The standard InChI is InChI=1S/C25H33NO15/c1-7(40-25-21(35)18(32)15(29)11(4-27)41-25)2-8(28)5-37-23-12-9-3-10-22(39-6-38-10)16(30)13(9)24(36)26-14(12)17(31)19(33)20(23)34/h3,7,11-12,14-15,17-21,23,25,27,29-35H,2,4-6H2,1H3,(H,26,36)/t7?,11?,12-,14-,15?,17+,18?,19+,20-,21?,23-,25?/m1/s1. The van der Waals surface area contributed by atoms with Crippen LogP contribution >= 0.6 is 0 Å². The second-order valence-electron chi connectivity index (χ2n) is 10.6. The smallest absolute Gasteiger partial charge is 0.255 e. The minimum atomic E-state index is -1.74. The summed E-state index contributed by atoms with van der Waals surface area (Å²) in [4.78, 5) is 25.6. The third kappa shape index (κ3) is 5.25. The molecule has 4 aliphatic rings. The number of phenolic OH excluding ortho intramolecular Hbond substituents is 1. The molecule has 12 atom stereocenters. The molecule has 3 heterocycles. The molecule has 1 saturated carbocycles. The van der Waals surface area contributed by atoms with E-state index in [0.717, 1.165) is 0 Å². The molecule has 0 aromatic heterocycles. The van der Waals surface area contributed by atoms with Crippen molar-refractivity contribution in [2.75, 3.05) is 20.0 Å². The van der Waals surface area contributed by atoms with Crippen molar-refractivity contribution in [1.82, 2.24) is 5.32 Å². The summed E-state index contributed by atoms with van der Waals surface area (Å²) in [5, 5.41) is 84.5. The molecule has 228 valence electrons. The maximum absolute atomic E-state index is 12.9. The van der Waals surface area contributed by atoms with Crippen LogP contribution in [0.25, 0.3) is 0 Å². The van der Waals surface area contributed by atoms with Gasteiger partial charge in [0.2, 0.25) is 12.5 Å². The molecule has 9 N–H and O–H groups in total. The topological polar surface area (TPSA) is 254 Å². The lowest BCUT2D eigenvalue weighted by atomic mass is 9.70. The fourth-order valence-corrected chi connectivity index (χ4v) is 5.78. The van der Waals surface area contributed by atoms with Crippen LogP contribution in [0.2, 0.25) is 0 Å². The van der Waals surface area contributed by atoms with E-state index in [9.17, 15) is 50.4 Å². The summed E-state index contributed by atoms with van der Waals surface area (Å²) < 4.78 is 27.1. The molecule has 41 heavy (non-hydrogen) atoms. The maximum atomic E-state index is 12.9. The van der Waals surface area contributed by atoms with E-state index < -0.39 is 104 Å². The van der Waals surface area contributed by atoms with Crippen LogP contribution in [0.5, 0.6) is 17.2 Å². The van der Waals surface area contributed by atoms with Crippen molar-refractivity contribution < 1.29 is 74.1 Å². The Bertz CT molecular complexity index is 1160. The molecule has 1 aliphatic carbocycles. The average Bonchev–Trinajstić information content (AvgIpc) is 3.41. The maximum Gasteiger partial charge on any atom is 0.255 e. The molecule has 16 heteroatoms. The van der Waals surface area contributed by atoms with Crippen LogP contribution in [0.4, 0.5) is 0 Å². The van der Waals surface area contributed by atoms with Gasteiger partial charge in [-0.15, -0.1) is 0 Å². The number of fused-ring (bicyclic) bond motifs is 4. The van der Waals surface area contributed by atoms with Gasteiger partial charge >= 0.3 is 0 Å². The minimum Gasteiger partial charge on any atom is -0.504 e. The van der Waals surface area contributed by atoms with Crippen LogP contribution in [-0.2, 0) is 19.0 Å². The van der Waals surface area contributed by atoms with E-state index in [1.54, 1.807) is 0 Å². The lowest BCUT2D eigenvalue weighted by Gasteiger charge is -2.48. The van der Waals surface area contributed by atoms with E-state index >= 15 is 0 Å². The zero-order chi connectivity index (χ0) is 29.7. The monoisotopic (exact) mass is 587 g/mol. The van der Waals surface area contributed by atoms with E-state index in [1.807, 2.05) is 0 Å². The molecule has 3 aliphatic heterocycles. The van der Waals surface area contributed by atoms with Crippen LogP contribution in [0, 0.1) is 0 Å². The lowest BCUT2D eigenvalue weighted by molar-refractivity contribution is -0.309. The number of ketones is 1. The zero-order valence-electron chi connectivity index (χ0n) is 21.8. The van der Waals surface area contributed by atoms with Crippen LogP contribution in [0.15, 0.2) is 6.07 Å². The number of aliphatic hydroxyl groups excluding tert-OH is 7. The number of aliphatic hydroxyl groups is 7. The van der Waals surface area contributed by atoms with E-state index in [1.165, 1.54) is 13.0 Å². The van der Waals surface area contributed by atoms with Gasteiger partial charge in [-0.1, -0.05) is 0 Å². The number of hydrogen-bond acceptors (Lipinski definition) is 15. The van der Waals surface area contributed by atoms with E-state index in [0.29, 0.717) is 0 Å². The Morgan fingerprint density at radius 2 is 1.76 bits per heavy atom. The summed E-state index contributed by atoms with van der Waals surface area (Å²) in [6.07, 6.45) is -15.1. The molecule has 1 aromatic carbocycles.